The van der Waals surface area contributed by atoms with E-state index in [9.17, 15) is 0 Å². The number of hydrogen-bond donors (Lipinski definition) is 1. The van der Waals surface area contributed by atoms with Gasteiger partial charge in [0.2, 0.25) is 0 Å². The molecule has 16 heavy (non-hydrogen) atoms. The van der Waals surface area contributed by atoms with Crippen molar-refractivity contribution in [1.82, 2.24) is 15.1 Å². The zero-order valence-electron chi connectivity index (χ0n) is 9.49. The molecule has 86 valence electrons. The van der Waals surface area contributed by atoms with Gasteiger partial charge in [-0.15, -0.1) is 11.3 Å². The lowest BCUT2D eigenvalue weighted by Crippen LogP contribution is -2.19. The van der Waals surface area contributed by atoms with Crippen molar-refractivity contribution in [3.8, 4) is 0 Å². The molecule has 0 spiro atoms. The van der Waals surface area contributed by atoms with E-state index < -0.39 is 0 Å². The summed E-state index contributed by atoms with van der Waals surface area (Å²) in [6.45, 7) is 2.03. The van der Waals surface area contributed by atoms with E-state index in [1.165, 1.54) is 0 Å². The van der Waals surface area contributed by atoms with Crippen LogP contribution >= 0.6 is 22.9 Å². The van der Waals surface area contributed by atoms with Crippen molar-refractivity contribution in [1.29, 1.82) is 0 Å². The average molecular weight is 256 g/mol. The molecule has 0 saturated carbocycles. The molecular weight excluding hydrogens is 242 g/mol. The Labute approximate surface area is 104 Å². The van der Waals surface area contributed by atoms with Gasteiger partial charge in [-0.2, -0.15) is 5.10 Å². The van der Waals surface area contributed by atoms with Crippen LogP contribution in [0.25, 0.3) is 0 Å². The Morgan fingerprint density at radius 2 is 2.31 bits per heavy atom. The highest BCUT2D eigenvalue weighted by molar-refractivity contribution is 7.10. The SMILES string of the molecule is CNC(c1scc(C)c1Cl)c1ccnn1C. The molecule has 0 saturated heterocycles. The van der Waals surface area contributed by atoms with Crippen molar-refractivity contribution in [3.05, 3.63) is 38.8 Å². The zero-order valence-corrected chi connectivity index (χ0v) is 11.1. The van der Waals surface area contributed by atoms with Gasteiger partial charge in [-0.1, -0.05) is 11.6 Å². The molecule has 0 bridgehead atoms. The first-order valence-corrected chi connectivity index (χ1v) is 6.29. The second-order valence-corrected chi connectivity index (χ2v) is 4.99. The number of rotatable bonds is 3. The van der Waals surface area contributed by atoms with Crippen LogP contribution in [0.5, 0.6) is 0 Å². The van der Waals surface area contributed by atoms with Crippen molar-refractivity contribution in [2.45, 2.75) is 13.0 Å². The van der Waals surface area contributed by atoms with E-state index in [0.29, 0.717) is 0 Å². The standard InChI is InChI=1S/C11H14ClN3S/c1-7-6-16-11(9(7)12)10(13-2)8-4-5-14-15(8)3/h4-6,10,13H,1-3H3. The van der Waals surface area contributed by atoms with Crippen LogP contribution in [0.15, 0.2) is 17.6 Å². The van der Waals surface area contributed by atoms with E-state index in [0.717, 1.165) is 21.2 Å². The van der Waals surface area contributed by atoms with E-state index in [1.807, 2.05) is 31.8 Å². The number of halogens is 1. The molecule has 3 nitrogen and oxygen atoms in total. The number of hydrogen-bond acceptors (Lipinski definition) is 3. The normalized spacial score (nSPS) is 13.0. The fourth-order valence-electron chi connectivity index (χ4n) is 1.73. The zero-order chi connectivity index (χ0) is 11.7. The molecule has 0 aliphatic heterocycles. The number of thiophene rings is 1. The summed E-state index contributed by atoms with van der Waals surface area (Å²) < 4.78 is 1.87. The van der Waals surface area contributed by atoms with Gasteiger partial charge in [-0.05, 0) is 31.0 Å². The molecule has 2 aromatic rings. The molecule has 0 aliphatic carbocycles. The van der Waals surface area contributed by atoms with E-state index in [4.69, 9.17) is 11.6 Å². The monoisotopic (exact) mass is 255 g/mol. The van der Waals surface area contributed by atoms with Gasteiger partial charge in [0.15, 0.2) is 0 Å². The minimum Gasteiger partial charge on any atom is -0.307 e. The number of aromatic nitrogens is 2. The Morgan fingerprint density at radius 1 is 1.56 bits per heavy atom. The first kappa shape index (κ1) is 11.6. The minimum absolute atomic E-state index is 0.110. The third-order valence-corrected chi connectivity index (χ3v) is 4.41. The summed E-state index contributed by atoms with van der Waals surface area (Å²) in [5, 5.41) is 10.4. The lowest BCUT2D eigenvalue weighted by atomic mass is 10.1. The van der Waals surface area contributed by atoms with Gasteiger partial charge in [0.1, 0.15) is 0 Å². The highest BCUT2D eigenvalue weighted by atomic mass is 35.5. The van der Waals surface area contributed by atoms with Gasteiger partial charge in [0.25, 0.3) is 0 Å². The third-order valence-electron chi connectivity index (χ3n) is 2.63. The maximum absolute atomic E-state index is 6.29. The molecule has 0 amide bonds. The quantitative estimate of drug-likeness (QED) is 0.914. The van der Waals surface area contributed by atoms with E-state index in [2.05, 4.69) is 15.8 Å². The van der Waals surface area contributed by atoms with Crippen LogP contribution in [0.1, 0.15) is 22.2 Å². The molecule has 1 N–H and O–H groups in total. The molecule has 2 rings (SSSR count). The Bertz CT molecular complexity index is 489. The summed E-state index contributed by atoms with van der Waals surface area (Å²) in [5.74, 6) is 0. The molecule has 5 heteroatoms. The van der Waals surface area contributed by atoms with Crippen molar-refractivity contribution in [3.63, 3.8) is 0 Å². The first-order chi connectivity index (χ1) is 7.65. The molecule has 1 unspecified atom stereocenters. The van der Waals surface area contributed by atoms with Crippen LogP contribution in [0.4, 0.5) is 0 Å². The number of aryl methyl sites for hydroxylation is 2. The molecule has 2 heterocycles. The fraction of sp³-hybridized carbons (Fsp3) is 0.364. The lowest BCUT2D eigenvalue weighted by molar-refractivity contribution is 0.613. The first-order valence-electron chi connectivity index (χ1n) is 5.03. The van der Waals surface area contributed by atoms with Crippen molar-refractivity contribution in [2.24, 2.45) is 7.05 Å². The molecular formula is C11H14ClN3S. The Morgan fingerprint density at radius 3 is 2.75 bits per heavy atom. The largest absolute Gasteiger partial charge is 0.307 e. The minimum atomic E-state index is 0.110. The summed E-state index contributed by atoms with van der Waals surface area (Å²) in [4.78, 5) is 1.14. The lowest BCUT2D eigenvalue weighted by Gasteiger charge is -2.15. The summed E-state index contributed by atoms with van der Waals surface area (Å²) in [6.07, 6.45) is 1.80. The van der Waals surface area contributed by atoms with Gasteiger partial charge in [0.05, 0.1) is 16.8 Å². The third kappa shape index (κ3) is 1.88. The molecule has 0 fully saturated rings. The van der Waals surface area contributed by atoms with Crippen LogP contribution in [-0.4, -0.2) is 16.8 Å². The van der Waals surface area contributed by atoms with Crippen LogP contribution in [-0.2, 0) is 7.05 Å². The van der Waals surface area contributed by atoms with Gasteiger partial charge in [-0.25, -0.2) is 0 Å². The topological polar surface area (TPSA) is 29.9 Å². The van der Waals surface area contributed by atoms with Crippen LogP contribution in [0.3, 0.4) is 0 Å². The maximum Gasteiger partial charge on any atom is 0.0854 e. The Hall–Kier alpha value is -0.840. The van der Waals surface area contributed by atoms with Crippen LogP contribution < -0.4 is 5.32 Å². The van der Waals surface area contributed by atoms with Gasteiger partial charge in [0, 0.05) is 18.1 Å². The molecule has 0 aromatic carbocycles. The summed E-state index contributed by atoms with van der Waals surface area (Å²) in [7, 11) is 3.87. The van der Waals surface area contributed by atoms with E-state index >= 15 is 0 Å². The van der Waals surface area contributed by atoms with Crippen molar-refractivity contribution >= 4 is 22.9 Å². The Balaban J connectivity index is 2.45. The molecule has 2 aromatic heterocycles. The molecule has 1 atom stereocenters. The highest BCUT2D eigenvalue weighted by Crippen LogP contribution is 2.35. The smallest absolute Gasteiger partial charge is 0.0854 e. The van der Waals surface area contributed by atoms with Gasteiger partial charge in [-0.3, -0.25) is 4.68 Å². The average Bonchev–Trinajstić information content (AvgIpc) is 2.81. The predicted molar refractivity (Wildman–Crippen MR) is 68.2 cm³/mol. The predicted octanol–water partition coefficient (Wildman–Crippen LogP) is 2.75. The number of nitrogens with one attached hydrogen (secondary N) is 1. The fourth-order valence-corrected chi connectivity index (χ4v) is 3.15. The number of nitrogens with zero attached hydrogens (tertiary/aromatic N) is 2. The van der Waals surface area contributed by atoms with E-state index in [-0.39, 0.29) is 6.04 Å². The van der Waals surface area contributed by atoms with Crippen LogP contribution in [0.2, 0.25) is 5.02 Å². The van der Waals surface area contributed by atoms with Gasteiger partial charge >= 0.3 is 0 Å². The van der Waals surface area contributed by atoms with Crippen molar-refractivity contribution in [2.75, 3.05) is 7.05 Å². The van der Waals surface area contributed by atoms with Crippen molar-refractivity contribution < 1.29 is 0 Å². The summed E-state index contributed by atoms with van der Waals surface area (Å²) in [5.41, 5.74) is 2.25. The van der Waals surface area contributed by atoms with Gasteiger partial charge < -0.3 is 5.32 Å². The second kappa shape index (κ2) is 4.57. The highest BCUT2D eigenvalue weighted by Gasteiger charge is 2.20. The summed E-state index contributed by atoms with van der Waals surface area (Å²) >= 11 is 7.97. The maximum atomic E-state index is 6.29. The van der Waals surface area contributed by atoms with Crippen LogP contribution in [0, 0.1) is 6.92 Å². The molecule has 0 aliphatic rings. The second-order valence-electron chi connectivity index (χ2n) is 3.70. The van der Waals surface area contributed by atoms with E-state index in [1.54, 1.807) is 17.5 Å². The summed E-state index contributed by atoms with van der Waals surface area (Å²) in [6, 6.07) is 2.12. The Kier molecular flexibility index (Phi) is 3.33. The molecule has 0 radical (unpaired) electrons.